The minimum Gasteiger partial charge on any atom is -0.408 e. The zero-order chi connectivity index (χ0) is 19.4. The lowest BCUT2D eigenvalue weighted by atomic mass is 10.3. The van der Waals surface area contributed by atoms with Gasteiger partial charge < -0.3 is 20.0 Å². The third-order valence-electron chi connectivity index (χ3n) is 3.91. The molecule has 9 heteroatoms. The Labute approximate surface area is 156 Å². The number of aromatic nitrogens is 3. The molecule has 0 saturated heterocycles. The number of para-hydroxylation sites is 2. The van der Waals surface area contributed by atoms with Crippen LogP contribution in [0.15, 0.2) is 39.5 Å². The van der Waals surface area contributed by atoms with Gasteiger partial charge in [0.2, 0.25) is 5.91 Å². The van der Waals surface area contributed by atoms with E-state index in [1.165, 1.54) is 4.57 Å². The van der Waals surface area contributed by atoms with Crippen molar-refractivity contribution in [1.82, 2.24) is 19.9 Å². The summed E-state index contributed by atoms with van der Waals surface area (Å²) in [7, 11) is 3.82. The third-order valence-corrected chi connectivity index (χ3v) is 3.91. The fourth-order valence-electron chi connectivity index (χ4n) is 2.63. The van der Waals surface area contributed by atoms with Crippen LogP contribution in [0.25, 0.3) is 11.1 Å². The standard InChI is InChI=1S/C18H22N6O3/c1-12-21-15(10-16(22-12)23(2)3)19-8-9-20-17(25)11-24-13-6-4-5-7-14(13)27-18(24)26/h4-7,10H,8-9,11H2,1-3H3,(H,20,25)(H,19,21,22). The van der Waals surface area contributed by atoms with Crippen LogP contribution >= 0.6 is 0 Å². The van der Waals surface area contributed by atoms with E-state index < -0.39 is 5.76 Å². The number of carbonyl (C=O) groups is 1. The van der Waals surface area contributed by atoms with Crippen LogP contribution in [0.1, 0.15) is 5.82 Å². The first-order valence-electron chi connectivity index (χ1n) is 8.56. The normalized spacial score (nSPS) is 10.8. The molecule has 2 aromatic heterocycles. The van der Waals surface area contributed by atoms with Gasteiger partial charge in [-0.2, -0.15) is 0 Å². The summed E-state index contributed by atoms with van der Waals surface area (Å²) in [5.41, 5.74) is 1.07. The van der Waals surface area contributed by atoms with Gasteiger partial charge in [0, 0.05) is 33.3 Å². The Kier molecular flexibility index (Phi) is 5.39. The lowest BCUT2D eigenvalue weighted by molar-refractivity contribution is -0.121. The van der Waals surface area contributed by atoms with E-state index in [0.29, 0.717) is 35.8 Å². The fraction of sp³-hybridized carbons (Fsp3) is 0.333. The van der Waals surface area contributed by atoms with Crippen LogP contribution in [0.4, 0.5) is 11.6 Å². The third kappa shape index (κ3) is 4.43. The molecular weight excluding hydrogens is 348 g/mol. The number of hydrogen-bond acceptors (Lipinski definition) is 7. The van der Waals surface area contributed by atoms with E-state index >= 15 is 0 Å². The summed E-state index contributed by atoms with van der Waals surface area (Å²) >= 11 is 0. The summed E-state index contributed by atoms with van der Waals surface area (Å²) in [6.45, 7) is 2.62. The van der Waals surface area contributed by atoms with E-state index in [0.717, 1.165) is 5.82 Å². The molecule has 0 bridgehead atoms. The molecule has 0 radical (unpaired) electrons. The number of nitrogens with one attached hydrogen (secondary N) is 2. The molecule has 9 nitrogen and oxygen atoms in total. The molecule has 0 unspecified atom stereocenters. The maximum absolute atomic E-state index is 12.1. The Hall–Kier alpha value is -3.36. The van der Waals surface area contributed by atoms with E-state index in [1.54, 1.807) is 24.3 Å². The zero-order valence-electron chi connectivity index (χ0n) is 15.5. The molecular formula is C18H22N6O3. The number of anilines is 2. The lowest BCUT2D eigenvalue weighted by Gasteiger charge is -2.14. The molecule has 1 aromatic carbocycles. The molecule has 0 aliphatic heterocycles. The number of oxazole rings is 1. The van der Waals surface area contributed by atoms with Gasteiger partial charge in [-0.3, -0.25) is 9.36 Å². The molecule has 2 N–H and O–H groups in total. The highest BCUT2D eigenvalue weighted by atomic mass is 16.4. The van der Waals surface area contributed by atoms with Crippen molar-refractivity contribution >= 4 is 28.6 Å². The van der Waals surface area contributed by atoms with E-state index in [2.05, 4.69) is 20.6 Å². The van der Waals surface area contributed by atoms with Crippen molar-refractivity contribution in [3.63, 3.8) is 0 Å². The van der Waals surface area contributed by atoms with Crippen molar-refractivity contribution in [2.24, 2.45) is 0 Å². The Morgan fingerprint density at radius 3 is 2.78 bits per heavy atom. The van der Waals surface area contributed by atoms with Crippen molar-refractivity contribution in [1.29, 1.82) is 0 Å². The van der Waals surface area contributed by atoms with Crippen molar-refractivity contribution in [2.75, 3.05) is 37.4 Å². The average Bonchev–Trinajstić information content (AvgIpc) is 2.94. The van der Waals surface area contributed by atoms with E-state index in [1.807, 2.05) is 32.0 Å². The van der Waals surface area contributed by atoms with Gasteiger partial charge >= 0.3 is 5.76 Å². The van der Waals surface area contributed by atoms with Crippen LogP contribution in [0.3, 0.4) is 0 Å². The van der Waals surface area contributed by atoms with Crippen LogP contribution in [-0.2, 0) is 11.3 Å². The first-order chi connectivity index (χ1) is 12.9. The van der Waals surface area contributed by atoms with Crippen LogP contribution in [0.5, 0.6) is 0 Å². The first-order valence-corrected chi connectivity index (χ1v) is 8.56. The van der Waals surface area contributed by atoms with Gasteiger partial charge in [-0.25, -0.2) is 14.8 Å². The molecule has 27 heavy (non-hydrogen) atoms. The highest BCUT2D eigenvalue weighted by Crippen LogP contribution is 2.13. The van der Waals surface area contributed by atoms with Gasteiger partial charge in [0.25, 0.3) is 0 Å². The largest absolute Gasteiger partial charge is 0.420 e. The summed E-state index contributed by atoms with van der Waals surface area (Å²) in [6.07, 6.45) is 0. The van der Waals surface area contributed by atoms with Crippen LogP contribution in [-0.4, -0.2) is 47.6 Å². The van der Waals surface area contributed by atoms with Crippen molar-refractivity contribution in [2.45, 2.75) is 13.5 Å². The summed E-state index contributed by atoms with van der Waals surface area (Å²) in [6, 6.07) is 8.85. The number of hydrogen-bond donors (Lipinski definition) is 2. The predicted octanol–water partition coefficient (Wildman–Crippen LogP) is 0.987. The van der Waals surface area contributed by atoms with Crippen molar-refractivity contribution < 1.29 is 9.21 Å². The SMILES string of the molecule is Cc1nc(NCCNC(=O)Cn2c(=O)oc3ccccc32)cc(N(C)C)n1. The molecule has 0 spiro atoms. The zero-order valence-corrected chi connectivity index (χ0v) is 15.5. The quantitative estimate of drug-likeness (QED) is 0.598. The molecule has 3 aromatic rings. The second-order valence-corrected chi connectivity index (χ2v) is 6.25. The lowest BCUT2D eigenvalue weighted by Crippen LogP contribution is -2.33. The Morgan fingerprint density at radius 1 is 1.22 bits per heavy atom. The topological polar surface area (TPSA) is 105 Å². The molecule has 3 rings (SSSR count). The molecule has 1 amide bonds. The maximum Gasteiger partial charge on any atom is 0.420 e. The minimum atomic E-state index is -0.544. The summed E-state index contributed by atoms with van der Waals surface area (Å²) in [5, 5.41) is 5.93. The summed E-state index contributed by atoms with van der Waals surface area (Å²) in [5.74, 6) is 1.35. The number of amides is 1. The molecule has 0 aliphatic rings. The van der Waals surface area contributed by atoms with Gasteiger partial charge in [-0.05, 0) is 19.1 Å². The van der Waals surface area contributed by atoms with Crippen molar-refractivity contribution in [3.05, 3.63) is 46.7 Å². The number of rotatable bonds is 7. The number of fused-ring (bicyclic) bond motifs is 1. The number of benzene rings is 1. The predicted molar refractivity (Wildman–Crippen MR) is 103 cm³/mol. The highest BCUT2D eigenvalue weighted by Gasteiger charge is 2.12. The summed E-state index contributed by atoms with van der Waals surface area (Å²) < 4.78 is 6.44. The number of nitrogens with zero attached hydrogens (tertiary/aromatic N) is 4. The number of aryl methyl sites for hydroxylation is 1. The summed E-state index contributed by atoms with van der Waals surface area (Å²) in [4.78, 5) is 34.6. The van der Waals surface area contributed by atoms with Gasteiger partial charge in [0.1, 0.15) is 24.0 Å². The van der Waals surface area contributed by atoms with Gasteiger partial charge in [-0.15, -0.1) is 0 Å². The van der Waals surface area contributed by atoms with Crippen molar-refractivity contribution in [3.8, 4) is 0 Å². The Bertz CT molecular complexity index is 1010. The van der Waals surface area contributed by atoms with Gasteiger partial charge in [-0.1, -0.05) is 12.1 Å². The Balaban J connectivity index is 1.53. The average molecular weight is 370 g/mol. The van der Waals surface area contributed by atoms with Crippen LogP contribution < -0.4 is 21.3 Å². The molecule has 2 heterocycles. The second-order valence-electron chi connectivity index (χ2n) is 6.25. The number of carbonyl (C=O) groups excluding carboxylic acids is 1. The highest BCUT2D eigenvalue weighted by molar-refractivity contribution is 5.79. The molecule has 142 valence electrons. The van der Waals surface area contributed by atoms with Gasteiger partial charge in [0.05, 0.1) is 5.52 Å². The fourth-order valence-corrected chi connectivity index (χ4v) is 2.63. The molecule has 0 aliphatic carbocycles. The van der Waals surface area contributed by atoms with E-state index in [4.69, 9.17) is 4.42 Å². The van der Waals surface area contributed by atoms with E-state index in [9.17, 15) is 9.59 Å². The molecule has 0 fully saturated rings. The van der Waals surface area contributed by atoms with Gasteiger partial charge in [0.15, 0.2) is 5.58 Å². The minimum absolute atomic E-state index is 0.0900. The second kappa shape index (κ2) is 7.90. The van der Waals surface area contributed by atoms with Crippen LogP contribution in [0.2, 0.25) is 0 Å². The molecule has 0 atom stereocenters. The van der Waals surface area contributed by atoms with E-state index in [-0.39, 0.29) is 12.5 Å². The van der Waals surface area contributed by atoms with Crippen LogP contribution in [0, 0.1) is 6.92 Å². The first kappa shape index (κ1) is 18.4. The Morgan fingerprint density at radius 2 is 2.00 bits per heavy atom. The maximum atomic E-state index is 12.1. The smallest absolute Gasteiger partial charge is 0.408 e. The monoisotopic (exact) mass is 370 g/mol. The molecule has 0 saturated carbocycles.